The van der Waals surface area contributed by atoms with Gasteiger partial charge >= 0.3 is 0 Å². The number of nitrogens with zero attached hydrogens (tertiary/aromatic N) is 1. The van der Waals surface area contributed by atoms with Gasteiger partial charge in [0.2, 0.25) is 17.7 Å². The Bertz CT molecular complexity index is 848. The van der Waals surface area contributed by atoms with Gasteiger partial charge in [-0.25, -0.2) is 4.39 Å². The van der Waals surface area contributed by atoms with E-state index in [1.165, 1.54) is 24.1 Å². The number of H-pyrrole nitrogens is 1. The first-order chi connectivity index (χ1) is 12.5. The van der Waals surface area contributed by atoms with Gasteiger partial charge in [-0.2, -0.15) is 0 Å². The van der Waals surface area contributed by atoms with Crippen LogP contribution in [0.4, 0.5) is 4.39 Å². The van der Waals surface area contributed by atoms with Crippen molar-refractivity contribution in [2.75, 3.05) is 20.1 Å². The van der Waals surface area contributed by atoms with E-state index in [1.54, 1.807) is 12.3 Å². The fourth-order valence-corrected chi connectivity index (χ4v) is 3.32. The summed E-state index contributed by atoms with van der Waals surface area (Å²) in [5, 5.41) is 5.93. The summed E-state index contributed by atoms with van der Waals surface area (Å²) in [7, 11) is 1.54. The van der Waals surface area contributed by atoms with Crippen LogP contribution in [0.2, 0.25) is 0 Å². The fraction of sp³-hybridized carbons (Fsp3) is 0.389. The van der Waals surface area contributed by atoms with E-state index in [4.69, 9.17) is 0 Å². The van der Waals surface area contributed by atoms with Crippen molar-refractivity contribution in [3.8, 4) is 0 Å². The molecule has 1 fully saturated rings. The SMILES string of the molecule is CNC(=O)C1CCCN1C(=O)CNC(=O)Cc1c[nH]c2cc(F)ccc12. The minimum Gasteiger partial charge on any atom is -0.361 e. The van der Waals surface area contributed by atoms with E-state index in [-0.39, 0.29) is 36.5 Å². The third-order valence-electron chi connectivity index (χ3n) is 4.64. The molecule has 8 heteroatoms. The zero-order valence-electron chi connectivity index (χ0n) is 14.5. The Morgan fingerprint density at radius 1 is 1.35 bits per heavy atom. The number of halogens is 1. The van der Waals surface area contributed by atoms with E-state index in [9.17, 15) is 18.8 Å². The van der Waals surface area contributed by atoms with Gasteiger partial charge in [-0.15, -0.1) is 0 Å². The van der Waals surface area contributed by atoms with E-state index in [0.29, 0.717) is 18.5 Å². The Hall–Kier alpha value is -2.90. The molecule has 1 aromatic heterocycles. The molecule has 1 unspecified atom stereocenters. The third kappa shape index (κ3) is 3.68. The van der Waals surface area contributed by atoms with Crippen LogP contribution in [0.5, 0.6) is 0 Å². The number of likely N-dealkylation sites (N-methyl/N-ethyl adjacent to an activating group) is 1. The number of aromatic amines is 1. The second-order valence-corrected chi connectivity index (χ2v) is 6.32. The molecular weight excluding hydrogens is 339 g/mol. The fourth-order valence-electron chi connectivity index (χ4n) is 3.32. The summed E-state index contributed by atoms with van der Waals surface area (Å²) < 4.78 is 13.2. The molecule has 0 aliphatic carbocycles. The largest absolute Gasteiger partial charge is 0.361 e. The maximum atomic E-state index is 13.2. The van der Waals surface area contributed by atoms with Crippen molar-refractivity contribution in [2.45, 2.75) is 25.3 Å². The average molecular weight is 360 g/mol. The predicted molar refractivity (Wildman–Crippen MR) is 93.8 cm³/mol. The highest BCUT2D eigenvalue weighted by atomic mass is 19.1. The van der Waals surface area contributed by atoms with Crippen molar-refractivity contribution in [2.24, 2.45) is 0 Å². The number of hydrogen-bond donors (Lipinski definition) is 3. The number of aromatic nitrogens is 1. The number of carbonyl (C=O) groups excluding carboxylic acids is 3. The van der Waals surface area contributed by atoms with Gasteiger partial charge in [0.25, 0.3) is 0 Å². The topological polar surface area (TPSA) is 94.3 Å². The van der Waals surface area contributed by atoms with Gasteiger partial charge in [0.1, 0.15) is 11.9 Å². The molecule has 2 heterocycles. The highest BCUT2D eigenvalue weighted by molar-refractivity contribution is 5.92. The summed E-state index contributed by atoms with van der Waals surface area (Å²) in [4.78, 5) is 40.7. The molecule has 7 nitrogen and oxygen atoms in total. The van der Waals surface area contributed by atoms with Crippen LogP contribution >= 0.6 is 0 Å². The molecule has 3 N–H and O–H groups in total. The maximum Gasteiger partial charge on any atom is 0.242 e. The van der Waals surface area contributed by atoms with Crippen LogP contribution in [0.1, 0.15) is 18.4 Å². The van der Waals surface area contributed by atoms with Crippen LogP contribution in [0.25, 0.3) is 10.9 Å². The Labute approximate surface area is 149 Å². The van der Waals surface area contributed by atoms with Crippen LogP contribution in [-0.4, -0.2) is 53.8 Å². The molecule has 1 aromatic carbocycles. The molecule has 3 amide bonds. The normalized spacial score (nSPS) is 16.7. The molecule has 0 radical (unpaired) electrons. The van der Waals surface area contributed by atoms with Crippen molar-refractivity contribution >= 4 is 28.6 Å². The Balaban J connectivity index is 1.56. The highest BCUT2D eigenvalue weighted by Gasteiger charge is 2.33. The number of carbonyl (C=O) groups is 3. The first-order valence-corrected chi connectivity index (χ1v) is 8.53. The van der Waals surface area contributed by atoms with E-state index in [2.05, 4.69) is 15.6 Å². The smallest absolute Gasteiger partial charge is 0.242 e. The first-order valence-electron chi connectivity index (χ1n) is 8.53. The quantitative estimate of drug-likeness (QED) is 0.733. The zero-order valence-corrected chi connectivity index (χ0v) is 14.5. The summed E-state index contributed by atoms with van der Waals surface area (Å²) in [5.74, 6) is -1.12. The van der Waals surface area contributed by atoms with Crippen LogP contribution in [0, 0.1) is 5.82 Å². The molecule has 138 valence electrons. The Morgan fingerprint density at radius 2 is 2.15 bits per heavy atom. The molecule has 0 saturated carbocycles. The lowest BCUT2D eigenvalue weighted by Crippen LogP contribution is -2.48. The van der Waals surface area contributed by atoms with Crippen molar-refractivity contribution in [1.29, 1.82) is 0 Å². The molecule has 3 rings (SSSR count). The third-order valence-corrected chi connectivity index (χ3v) is 4.64. The summed E-state index contributed by atoms with van der Waals surface area (Å²) >= 11 is 0. The number of likely N-dealkylation sites (tertiary alicyclic amines) is 1. The lowest BCUT2D eigenvalue weighted by molar-refractivity contribution is -0.138. The lowest BCUT2D eigenvalue weighted by Gasteiger charge is -2.23. The average Bonchev–Trinajstić information content (AvgIpc) is 3.26. The molecular formula is C18H21FN4O3. The van der Waals surface area contributed by atoms with Crippen LogP contribution in [-0.2, 0) is 20.8 Å². The molecule has 26 heavy (non-hydrogen) atoms. The number of nitrogens with one attached hydrogen (secondary N) is 3. The molecule has 1 aliphatic heterocycles. The summed E-state index contributed by atoms with van der Waals surface area (Å²) in [5.41, 5.74) is 1.35. The van der Waals surface area contributed by atoms with Crippen molar-refractivity contribution in [1.82, 2.24) is 20.5 Å². The monoisotopic (exact) mass is 360 g/mol. The van der Waals surface area contributed by atoms with Crippen molar-refractivity contribution < 1.29 is 18.8 Å². The van der Waals surface area contributed by atoms with Gasteiger partial charge in [0, 0.05) is 30.7 Å². The first kappa shape index (κ1) is 17.9. The minimum absolute atomic E-state index is 0.0811. The molecule has 0 spiro atoms. The van der Waals surface area contributed by atoms with Crippen LogP contribution in [0.3, 0.4) is 0 Å². The molecule has 0 bridgehead atoms. The maximum absolute atomic E-state index is 13.2. The Morgan fingerprint density at radius 3 is 2.92 bits per heavy atom. The standard InChI is InChI=1S/C18H21FN4O3/c1-20-18(26)15-3-2-6-23(15)17(25)10-22-16(24)7-11-9-21-14-8-12(19)4-5-13(11)14/h4-5,8-9,15,21H,2-3,6-7,10H2,1H3,(H,20,26)(H,22,24). The van der Waals surface area contributed by atoms with Gasteiger partial charge in [0.15, 0.2) is 0 Å². The summed E-state index contributed by atoms with van der Waals surface area (Å²) in [6.45, 7) is 0.365. The van der Waals surface area contributed by atoms with Gasteiger partial charge in [0.05, 0.1) is 13.0 Å². The number of rotatable bonds is 5. The molecule has 2 aromatic rings. The van der Waals surface area contributed by atoms with E-state index in [1.807, 2.05) is 0 Å². The van der Waals surface area contributed by atoms with Crippen LogP contribution in [0.15, 0.2) is 24.4 Å². The minimum atomic E-state index is -0.465. The number of fused-ring (bicyclic) bond motifs is 1. The lowest BCUT2D eigenvalue weighted by atomic mass is 10.1. The van der Waals surface area contributed by atoms with Gasteiger partial charge < -0.3 is 20.5 Å². The van der Waals surface area contributed by atoms with Crippen molar-refractivity contribution in [3.05, 3.63) is 35.8 Å². The highest BCUT2D eigenvalue weighted by Crippen LogP contribution is 2.20. The van der Waals surface area contributed by atoms with Gasteiger partial charge in [-0.05, 0) is 36.6 Å². The van der Waals surface area contributed by atoms with E-state index in [0.717, 1.165) is 17.4 Å². The number of benzene rings is 1. The second-order valence-electron chi connectivity index (χ2n) is 6.32. The van der Waals surface area contributed by atoms with Crippen molar-refractivity contribution in [3.63, 3.8) is 0 Å². The molecule has 1 atom stereocenters. The van der Waals surface area contributed by atoms with Crippen LogP contribution < -0.4 is 10.6 Å². The second kappa shape index (κ2) is 7.55. The molecule has 1 saturated heterocycles. The zero-order chi connectivity index (χ0) is 18.7. The summed E-state index contributed by atoms with van der Waals surface area (Å²) in [6, 6.07) is 3.86. The number of hydrogen-bond acceptors (Lipinski definition) is 3. The molecule has 1 aliphatic rings. The Kier molecular flexibility index (Phi) is 5.20. The number of amides is 3. The summed E-state index contributed by atoms with van der Waals surface area (Å²) in [6.07, 6.45) is 3.14. The van der Waals surface area contributed by atoms with E-state index >= 15 is 0 Å². The van der Waals surface area contributed by atoms with Gasteiger partial charge in [-0.1, -0.05) is 0 Å². The van der Waals surface area contributed by atoms with E-state index < -0.39 is 6.04 Å². The van der Waals surface area contributed by atoms with Gasteiger partial charge in [-0.3, -0.25) is 14.4 Å². The predicted octanol–water partition coefficient (Wildman–Crippen LogP) is 0.703.